The summed E-state index contributed by atoms with van der Waals surface area (Å²) in [5.74, 6) is 0. The lowest BCUT2D eigenvalue weighted by Gasteiger charge is -2.11. The van der Waals surface area contributed by atoms with Crippen molar-refractivity contribution in [3.63, 3.8) is 0 Å². The van der Waals surface area contributed by atoms with E-state index in [1.165, 1.54) is 25.7 Å². The maximum Gasteiger partial charge on any atom is 0.0594 e. The molecule has 0 aliphatic heterocycles. The molecule has 1 saturated carbocycles. The molecule has 0 aromatic heterocycles. The third kappa shape index (κ3) is 5.24. The van der Waals surface area contributed by atoms with E-state index < -0.39 is 0 Å². The van der Waals surface area contributed by atoms with Crippen molar-refractivity contribution in [1.82, 2.24) is 5.32 Å². The summed E-state index contributed by atoms with van der Waals surface area (Å²) in [6.45, 7) is 3.62. The van der Waals surface area contributed by atoms with Gasteiger partial charge in [-0.2, -0.15) is 0 Å². The first kappa shape index (κ1) is 11.0. The standard InChI is InChI=1S/C10H22N2O/c11-6-3-7-12-8-9-13-10-4-1-2-5-10/h10,12H,1-9,11H2. The van der Waals surface area contributed by atoms with Crippen LogP contribution in [0.3, 0.4) is 0 Å². The number of hydrogen-bond donors (Lipinski definition) is 2. The minimum atomic E-state index is 0.552. The molecule has 0 aromatic carbocycles. The third-order valence-corrected chi connectivity index (χ3v) is 2.49. The maximum absolute atomic E-state index is 5.69. The molecule has 3 heteroatoms. The van der Waals surface area contributed by atoms with Gasteiger partial charge in [-0.1, -0.05) is 12.8 Å². The van der Waals surface area contributed by atoms with E-state index >= 15 is 0 Å². The lowest BCUT2D eigenvalue weighted by molar-refractivity contribution is 0.0604. The zero-order chi connectivity index (χ0) is 9.36. The van der Waals surface area contributed by atoms with Crippen LogP contribution < -0.4 is 11.1 Å². The number of rotatable bonds is 7. The zero-order valence-electron chi connectivity index (χ0n) is 8.43. The summed E-state index contributed by atoms with van der Waals surface area (Å²) >= 11 is 0. The number of ether oxygens (including phenoxy) is 1. The summed E-state index contributed by atoms with van der Waals surface area (Å²) in [6.07, 6.45) is 6.85. The van der Waals surface area contributed by atoms with Crippen LogP contribution in [0.25, 0.3) is 0 Å². The number of hydrogen-bond acceptors (Lipinski definition) is 3. The van der Waals surface area contributed by atoms with Crippen molar-refractivity contribution in [3.05, 3.63) is 0 Å². The topological polar surface area (TPSA) is 47.3 Å². The van der Waals surface area contributed by atoms with Crippen molar-refractivity contribution in [2.45, 2.75) is 38.2 Å². The van der Waals surface area contributed by atoms with Crippen LogP contribution in [0.2, 0.25) is 0 Å². The van der Waals surface area contributed by atoms with Gasteiger partial charge in [-0.15, -0.1) is 0 Å². The molecule has 0 amide bonds. The average Bonchev–Trinajstić information content (AvgIpc) is 2.63. The van der Waals surface area contributed by atoms with Crippen LogP contribution in [0.1, 0.15) is 32.1 Å². The molecule has 0 atom stereocenters. The van der Waals surface area contributed by atoms with Crippen LogP contribution in [0.5, 0.6) is 0 Å². The molecule has 1 aliphatic carbocycles. The first-order valence-electron chi connectivity index (χ1n) is 5.46. The molecule has 0 saturated heterocycles. The van der Waals surface area contributed by atoms with Crippen LogP contribution in [-0.4, -0.2) is 32.3 Å². The van der Waals surface area contributed by atoms with Gasteiger partial charge < -0.3 is 15.8 Å². The highest BCUT2D eigenvalue weighted by atomic mass is 16.5. The number of nitrogens with one attached hydrogen (secondary N) is 1. The highest BCUT2D eigenvalue weighted by Gasteiger charge is 2.14. The molecule has 0 aromatic rings. The fraction of sp³-hybridized carbons (Fsp3) is 1.00. The van der Waals surface area contributed by atoms with E-state index in [2.05, 4.69) is 5.32 Å². The third-order valence-electron chi connectivity index (χ3n) is 2.49. The number of nitrogens with two attached hydrogens (primary N) is 1. The van der Waals surface area contributed by atoms with Crippen molar-refractivity contribution in [1.29, 1.82) is 0 Å². The maximum atomic E-state index is 5.69. The minimum absolute atomic E-state index is 0.552. The monoisotopic (exact) mass is 186 g/mol. The Labute approximate surface area is 81.0 Å². The van der Waals surface area contributed by atoms with Crippen LogP contribution in [0.4, 0.5) is 0 Å². The molecular weight excluding hydrogens is 164 g/mol. The summed E-state index contributed by atoms with van der Waals surface area (Å²) in [7, 11) is 0. The van der Waals surface area contributed by atoms with Gasteiger partial charge in [0.25, 0.3) is 0 Å². The van der Waals surface area contributed by atoms with Gasteiger partial charge in [-0.3, -0.25) is 0 Å². The molecule has 1 fully saturated rings. The van der Waals surface area contributed by atoms with Gasteiger partial charge in [0.15, 0.2) is 0 Å². The van der Waals surface area contributed by atoms with Crippen LogP contribution >= 0.6 is 0 Å². The molecule has 0 radical (unpaired) electrons. The summed E-state index contributed by atoms with van der Waals surface area (Å²) in [6, 6.07) is 0. The van der Waals surface area contributed by atoms with Crippen molar-refractivity contribution in [2.75, 3.05) is 26.2 Å². The van der Waals surface area contributed by atoms with E-state index in [4.69, 9.17) is 10.5 Å². The Morgan fingerprint density at radius 2 is 2.00 bits per heavy atom. The molecule has 78 valence electrons. The van der Waals surface area contributed by atoms with Crippen LogP contribution in [-0.2, 0) is 4.74 Å². The zero-order valence-corrected chi connectivity index (χ0v) is 8.43. The molecule has 3 nitrogen and oxygen atoms in total. The van der Waals surface area contributed by atoms with Crippen LogP contribution in [0.15, 0.2) is 0 Å². The second kappa shape index (κ2) is 7.30. The van der Waals surface area contributed by atoms with Gasteiger partial charge in [0.2, 0.25) is 0 Å². The summed E-state index contributed by atoms with van der Waals surface area (Å²) in [5, 5.41) is 3.31. The second-order valence-electron chi connectivity index (χ2n) is 3.67. The Morgan fingerprint density at radius 3 is 2.69 bits per heavy atom. The van der Waals surface area contributed by atoms with Gasteiger partial charge in [0.05, 0.1) is 12.7 Å². The highest BCUT2D eigenvalue weighted by molar-refractivity contribution is 4.66. The Balaban J connectivity index is 1.78. The predicted molar refractivity (Wildman–Crippen MR) is 54.7 cm³/mol. The Hall–Kier alpha value is -0.120. The summed E-state index contributed by atoms with van der Waals surface area (Å²) in [5.41, 5.74) is 5.37. The molecule has 3 N–H and O–H groups in total. The van der Waals surface area contributed by atoms with E-state index in [1.807, 2.05) is 0 Å². The minimum Gasteiger partial charge on any atom is -0.377 e. The van der Waals surface area contributed by atoms with Gasteiger partial charge in [-0.25, -0.2) is 0 Å². The molecular formula is C10H22N2O. The SMILES string of the molecule is NCCCNCCOC1CCCC1. The van der Waals surface area contributed by atoms with E-state index in [0.29, 0.717) is 6.10 Å². The molecule has 13 heavy (non-hydrogen) atoms. The largest absolute Gasteiger partial charge is 0.377 e. The quantitative estimate of drug-likeness (QED) is 0.580. The summed E-state index contributed by atoms with van der Waals surface area (Å²) < 4.78 is 5.69. The molecule has 0 heterocycles. The fourth-order valence-electron chi connectivity index (χ4n) is 1.70. The Kier molecular flexibility index (Phi) is 6.15. The molecule has 0 spiro atoms. The Bertz CT molecular complexity index is 113. The first-order chi connectivity index (χ1) is 6.43. The smallest absolute Gasteiger partial charge is 0.0594 e. The van der Waals surface area contributed by atoms with E-state index in [-0.39, 0.29) is 0 Å². The molecule has 0 bridgehead atoms. The first-order valence-corrected chi connectivity index (χ1v) is 5.46. The predicted octanol–water partition coefficient (Wildman–Crippen LogP) is 0.884. The van der Waals surface area contributed by atoms with E-state index in [0.717, 1.165) is 32.7 Å². The summed E-state index contributed by atoms with van der Waals surface area (Å²) in [4.78, 5) is 0. The highest BCUT2D eigenvalue weighted by Crippen LogP contribution is 2.20. The Morgan fingerprint density at radius 1 is 1.23 bits per heavy atom. The van der Waals surface area contributed by atoms with E-state index in [1.54, 1.807) is 0 Å². The molecule has 1 rings (SSSR count). The lowest BCUT2D eigenvalue weighted by Crippen LogP contribution is -2.24. The van der Waals surface area contributed by atoms with Crippen molar-refractivity contribution < 1.29 is 4.74 Å². The lowest BCUT2D eigenvalue weighted by atomic mass is 10.3. The van der Waals surface area contributed by atoms with E-state index in [9.17, 15) is 0 Å². The molecule has 1 aliphatic rings. The molecule has 0 unspecified atom stereocenters. The van der Waals surface area contributed by atoms with Crippen molar-refractivity contribution >= 4 is 0 Å². The van der Waals surface area contributed by atoms with Crippen LogP contribution in [0, 0.1) is 0 Å². The average molecular weight is 186 g/mol. The van der Waals surface area contributed by atoms with Gasteiger partial charge in [0, 0.05) is 6.54 Å². The van der Waals surface area contributed by atoms with Gasteiger partial charge >= 0.3 is 0 Å². The van der Waals surface area contributed by atoms with Crippen molar-refractivity contribution in [2.24, 2.45) is 5.73 Å². The normalized spacial score (nSPS) is 18.2. The fourth-order valence-corrected chi connectivity index (χ4v) is 1.70. The van der Waals surface area contributed by atoms with Gasteiger partial charge in [0.1, 0.15) is 0 Å². The van der Waals surface area contributed by atoms with Gasteiger partial charge in [-0.05, 0) is 32.4 Å². The second-order valence-corrected chi connectivity index (χ2v) is 3.67. The van der Waals surface area contributed by atoms with Crippen molar-refractivity contribution in [3.8, 4) is 0 Å².